The van der Waals surface area contributed by atoms with Crippen LogP contribution in [0.25, 0.3) is 21.3 Å². The molecule has 2 aromatic heterocycles. The van der Waals surface area contributed by atoms with Crippen LogP contribution in [0.1, 0.15) is 12.0 Å². The van der Waals surface area contributed by atoms with E-state index in [1.807, 2.05) is 17.5 Å². The SMILES string of the molecule is O=S(=O)(C[C@@H]1CCN(Cc2ccc(-c3ccccc3)cc2)C1)c1cnc2ccsc2c1. The van der Waals surface area contributed by atoms with Gasteiger partial charge in [-0.3, -0.25) is 9.88 Å². The summed E-state index contributed by atoms with van der Waals surface area (Å²) < 4.78 is 26.8. The van der Waals surface area contributed by atoms with Crippen molar-refractivity contribution in [2.75, 3.05) is 18.8 Å². The second-order valence-electron chi connectivity index (χ2n) is 8.21. The van der Waals surface area contributed by atoms with Crippen LogP contribution in [0.5, 0.6) is 0 Å². The topological polar surface area (TPSA) is 50.3 Å². The molecule has 0 radical (unpaired) electrons. The van der Waals surface area contributed by atoms with Gasteiger partial charge >= 0.3 is 0 Å². The third kappa shape index (κ3) is 4.56. The molecule has 4 nitrogen and oxygen atoms in total. The number of benzene rings is 2. The van der Waals surface area contributed by atoms with Crippen LogP contribution in [0.3, 0.4) is 0 Å². The lowest BCUT2D eigenvalue weighted by molar-refractivity contribution is 0.320. The van der Waals surface area contributed by atoms with Gasteiger partial charge in [-0.2, -0.15) is 0 Å². The summed E-state index contributed by atoms with van der Waals surface area (Å²) in [4.78, 5) is 7.01. The number of pyridine rings is 1. The van der Waals surface area contributed by atoms with Crippen LogP contribution >= 0.6 is 11.3 Å². The zero-order chi connectivity index (χ0) is 21.3. The zero-order valence-corrected chi connectivity index (χ0v) is 18.8. The lowest BCUT2D eigenvalue weighted by atomic mass is 10.0. The van der Waals surface area contributed by atoms with Crippen molar-refractivity contribution in [1.82, 2.24) is 9.88 Å². The Hall–Kier alpha value is -2.54. The summed E-state index contributed by atoms with van der Waals surface area (Å²) in [7, 11) is -3.33. The standard InChI is InChI=1S/C25H24N2O2S2/c28-31(29,23-14-25-24(26-15-23)11-13-30-25)18-20-10-12-27(17-20)16-19-6-8-22(9-7-19)21-4-2-1-3-5-21/h1-9,11,13-15,20H,10,12,16-18H2/t20-/m1/s1. The van der Waals surface area contributed by atoms with E-state index in [0.717, 1.165) is 36.3 Å². The molecule has 0 saturated carbocycles. The summed E-state index contributed by atoms with van der Waals surface area (Å²) in [5.41, 5.74) is 4.55. The molecule has 0 amide bonds. The number of hydrogen-bond donors (Lipinski definition) is 0. The summed E-state index contributed by atoms with van der Waals surface area (Å²) >= 11 is 1.53. The van der Waals surface area contributed by atoms with E-state index in [9.17, 15) is 8.42 Å². The molecule has 0 bridgehead atoms. The number of likely N-dealkylation sites (tertiary alicyclic amines) is 1. The molecule has 0 aliphatic carbocycles. The van der Waals surface area contributed by atoms with Crippen LogP contribution in [0.4, 0.5) is 0 Å². The summed E-state index contributed by atoms with van der Waals surface area (Å²) in [5.74, 6) is 0.349. The Kier molecular flexibility index (Phi) is 5.61. The molecule has 1 aliphatic rings. The Morgan fingerprint density at radius 1 is 1.00 bits per heavy atom. The van der Waals surface area contributed by atoms with Gasteiger partial charge in [-0.15, -0.1) is 11.3 Å². The first-order valence-electron chi connectivity index (χ1n) is 10.5. The van der Waals surface area contributed by atoms with Crippen molar-refractivity contribution < 1.29 is 8.42 Å². The second-order valence-corrected chi connectivity index (χ2v) is 11.2. The average molecular weight is 449 g/mol. The van der Waals surface area contributed by atoms with E-state index >= 15 is 0 Å². The molecule has 2 aromatic carbocycles. The second kappa shape index (κ2) is 8.54. The highest BCUT2D eigenvalue weighted by atomic mass is 32.2. The molecule has 158 valence electrons. The average Bonchev–Trinajstić information content (AvgIpc) is 3.43. The van der Waals surface area contributed by atoms with E-state index < -0.39 is 9.84 Å². The van der Waals surface area contributed by atoms with Crippen LogP contribution < -0.4 is 0 Å². The van der Waals surface area contributed by atoms with E-state index in [4.69, 9.17) is 0 Å². The molecule has 4 aromatic rings. The molecule has 1 aliphatic heterocycles. The predicted molar refractivity (Wildman–Crippen MR) is 127 cm³/mol. The maximum atomic E-state index is 12.9. The van der Waals surface area contributed by atoms with Gasteiger partial charge in [0.2, 0.25) is 0 Å². The van der Waals surface area contributed by atoms with Crippen molar-refractivity contribution in [3.8, 4) is 11.1 Å². The Bertz CT molecular complexity index is 1280. The molecule has 0 unspecified atom stereocenters. The molecule has 1 atom stereocenters. The summed E-state index contributed by atoms with van der Waals surface area (Å²) in [6.07, 6.45) is 2.42. The largest absolute Gasteiger partial charge is 0.299 e. The van der Waals surface area contributed by atoms with Crippen molar-refractivity contribution in [2.45, 2.75) is 17.9 Å². The number of aromatic nitrogens is 1. The summed E-state index contributed by atoms with van der Waals surface area (Å²) in [6.45, 7) is 2.60. The van der Waals surface area contributed by atoms with Gasteiger partial charge in [0.25, 0.3) is 0 Å². The van der Waals surface area contributed by atoms with Gasteiger partial charge in [-0.25, -0.2) is 8.42 Å². The van der Waals surface area contributed by atoms with Gasteiger partial charge in [-0.1, -0.05) is 54.6 Å². The molecule has 1 saturated heterocycles. The Morgan fingerprint density at radius 3 is 2.58 bits per heavy atom. The minimum atomic E-state index is -3.33. The predicted octanol–water partition coefficient (Wildman–Crippen LogP) is 5.26. The number of sulfone groups is 1. The highest BCUT2D eigenvalue weighted by Gasteiger charge is 2.28. The van der Waals surface area contributed by atoms with Crippen LogP contribution in [-0.4, -0.2) is 37.1 Å². The first-order chi connectivity index (χ1) is 15.1. The van der Waals surface area contributed by atoms with Crippen molar-refractivity contribution in [1.29, 1.82) is 0 Å². The highest BCUT2D eigenvalue weighted by Crippen LogP contribution is 2.27. The monoisotopic (exact) mass is 448 g/mol. The minimum Gasteiger partial charge on any atom is -0.299 e. The minimum absolute atomic E-state index is 0.160. The van der Waals surface area contributed by atoms with Gasteiger partial charge < -0.3 is 0 Å². The maximum absolute atomic E-state index is 12.9. The Balaban J connectivity index is 1.21. The van der Waals surface area contributed by atoms with Crippen LogP contribution in [0.2, 0.25) is 0 Å². The van der Waals surface area contributed by atoms with Gasteiger partial charge in [0, 0.05) is 19.3 Å². The quantitative estimate of drug-likeness (QED) is 0.404. The Morgan fingerprint density at radius 2 is 1.77 bits per heavy atom. The van der Waals surface area contributed by atoms with Crippen molar-refractivity contribution in [3.05, 3.63) is 83.9 Å². The lowest BCUT2D eigenvalue weighted by Gasteiger charge is -2.16. The van der Waals surface area contributed by atoms with E-state index in [1.165, 1.54) is 34.2 Å². The summed E-state index contributed by atoms with van der Waals surface area (Å²) in [5, 5.41) is 1.94. The van der Waals surface area contributed by atoms with Crippen molar-refractivity contribution >= 4 is 31.4 Å². The third-order valence-electron chi connectivity index (χ3n) is 5.93. The Labute approximate surface area is 187 Å². The highest BCUT2D eigenvalue weighted by molar-refractivity contribution is 7.91. The number of fused-ring (bicyclic) bond motifs is 1. The molecule has 31 heavy (non-hydrogen) atoms. The fraction of sp³-hybridized carbons (Fsp3) is 0.240. The van der Waals surface area contributed by atoms with Gasteiger partial charge in [0.05, 0.1) is 20.9 Å². The van der Waals surface area contributed by atoms with Crippen molar-refractivity contribution in [3.63, 3.8) is 0 Å². The van der Waals surface area contributed by atoms with E-state index in [2.05, 4.69) is 58.4 Å². The molecule has 0 N–H and O–H groups in total. The normalized spacial score (nSPS) is 17.4. The number of thiophene rings is 1. The lowest BCUT2D eigenvalue weighted by Crippen LogP contribution is -2.23. The molecule has 6 heteroatoms. The fourth-order valence-electron chi connectivity index (χ4n) is 4.29. The zero-order valence-electron chi connectivity index (χ0n) is 17.1. The third-order valence-corrected chi connectivity index (χ3v) is 8.63. The number of nitrogens with zero attached hydrogens (tertiary/aromatic N) is 2. The molecular weight excluding hydrogens is 424 g/mol. The maximum Gasteiger partial charge on any atom is 0.180 e. The molecule has 0 spiro atoms. The molecule has 5 rings (SSSR count). The van der Waals surface area contributed by atoms with Gasteiger partial charge in [0.15, 0.2) is 9.84 Å². The fourth-order valence-corrected chi connectivity index (χ4v) is 6.74. The molecule has 1 fully saturated rings. The molecular formula is C25H24N2O2S2. The van der Waals surface area contributed by atoms with E-state index in [0.29, 0.717) is 4.90 Å². The van der Waals surface area contributed by atoms with E-state index in [-0.39, 0.29) is 11.7 Å². The number of rotatable bonds is 6. The first kappa shape index (κ1) is 20.4. The van der Waals surface area contributed by atoms with E-state index in [1.54, 1.807) is 6.07 Å². The van der Waals surface area contributed by atoms with Gasteiger partial charge in [0.1, 0.15) is 0 Å². The van der Waals surface area contributed by atoms with Crippen LogP contribution in [-0.2, 0) is 16.4 Å². The summed E-state index contributed by atoms with van der Waals surface area (Å²) in [6, 6.07) is 22.7. The number of hydrogen-bond acceptors (Lipinski definition) is 5. The first-order valence-corrected chi connectivity index (χ1v) is 13.0. The van der Waals surface area contributed by atoms with Gasteiger partial charge in [-0.05, 0) is 53.1 Å². The van der Waals surface area contributed by atoms with Crippen molar-refractivity contribution in [2.24, 2.45) is 5.92 Å². The van der Waals surface area contributed by atoms with Crippen LogP contribution in [0, 0.1) is 5.92 Å². The smallest absolute Gasteiger partial charge is 0.180 e. The van der Waals surface area contributed by atoms with Crippen LogP contribution in [0.15, 0.2) is 83.2 Å². The molecule has 3 heterocycles.